The van der Waals surface area contributed by atoms with Crippen molar-refractivity contribution in [1.82, 2.24) is 25.6 Å². The van der Waals surface area contributed by atoms with Gasteiger partial charge in [0.15, 0.2) is 5.82 Å². The summed E-state index contributed by atoms with van der Waals surface area (Å²) in [6.07, 6.45) is 3.72. The van der Waals surface area contributed by atoms with E-state index in [1.807, 2.05) is 29.6 Å². The minimum absolute atomic E-state index is 0.254. The van der Waals surface area contributed by atoms with Gasteiger partial charge in [-0.05, 0) is 30.0 Å². The lowest BCUT2D eigenvalue weighted by Gasteiger charge is -2.18. The molecule has 4 atom stereocenters. The van der Waals surface area contributed by atoms with Crippen LogP contribution in [0.4, 0.5) is 0 Å². The average molecular weight is 452 g/mol. The molecule has 32 heavy (non-hydrogen) atoms. The maximum Gasteiger partial charge on any atom is 0.330 e. The molecule has 10 heteroatoms. The molecule has 2 aliphatic rings. The van der Waals surface area contributed by atoms with E-state index in [0.29, 0.717) is 36.8 Å². The zero-order valence-corrected chi connectivity index (χ0v) is 17.8. The largest absolute Gasteiger partial charge is 0.479 e. The van der Waals surface area contributed by atoms with Gasteiger partial charge in [0.25, 0.3) is 0 Å². The van der Waals surface area contributed by atoms with Gasteiger partial charge in [0.05, 0.1) is 11.4 Å². The van der Waals surface area contributed by atoms with Crippen LogP contribution in [0.1, 0.15) is 12.8 Å². The zero-order valence-electron chi connectivity index (χ0n) is 17.0. The molecule has 1 amide bonds. The highest BCUT2D eigenvalue weighted by molar-refractivity contribution is 7.16. The van der Waals surface area contributed by atoms with Crippen LogP contribution in [0.5, 0.6) is 5.88 Å². The summed E-state index contributed by atoms with van der Waals surface area (Å²) in [5.74, 6) is -0.718. The summed E-state index contributed by atoms with van der Waals surface area (Å²) < 4.78 is 6.18. The molecule has 1 aliphatic heterocycles. The summed E-state index contributed by atoms with van der Waals surface area (Å²) in [7, 11) is 0. The molecule has 3 aromatic rings. The van der Waals surface area contributed by atoms with Crippen molar-refractivity contribution in [3.63, 3.8) is 0 Å². The van der Waals surface area contributed by atoms with Crippen molar-refractivity contribution in [3.05, 3.63) is 48.5 Å². The molecule has 5 rings (SSSR count). The van der Waals surface area contributed by atoms with Crippen LogP contribution >= 0.6 is 11.3 Å². The number of carboxylic acids is 1. The molecule has 0 aromatic carbocycles. The molecular formula is C22H21N5O4S. The molecular weight excluding hydrogens is 430 g/mol. The fourth-order valence-electron chi connectivity index (χ4n) is 4.00. The smallest absolute Gasteiger partial charge is 0.330 e. The van der Waals surface area contributed by atoms with Crippen LogP contribution in [0.3, 0.4) is 0 Å². The van der Waals surface area contributed by atoms with E-state index in [1.54, 1.807) is 12.3 Å². The number of carbonyl (C=O) groups excluding carboxylic acids is 1. The lowest BCUT2D eigenvalue weighted by atomic mass is 10.1. The predicted molar refractivity (Wildman–Crippen MR) is 118 cm³/mol. The van der Waals surface area contributed by atoms with Gasteiger partial charge >= 0.3 is 5.97 Å². The number of pyridine rings is 1. The fourth-order valence-corrected chi connectivity index (χ4v) is 4.76. The number of aliphatic carboxylic acids is 1. The van der Waals surface area contributed by atoms with Crippen molar-refractivity contribution in [1.29, 1.82) is 0 Å². The average Bonchev–Trinajstić information content (AvgIpc) is 3.12. The molecule has 1 saturated heterocycles. The summed E-state index contributed by atoms with van der Waals surface area (Å²) in [5.41, 5.74) is -0.596. The van der Waals surface area contributed by atoms with E-state index in [4.69, 9.17) is 4.74 Å². The Morgan fingerprint density at radius 2 is 2.22 bits per heavy atom. The minimum atomic E-state index is -1.24. The van der Waals surface area contributed by atoms with Crippen molar-refractivity contribution in [2.24, 2.45) is 5.92 Å². The van der Waals surface area contributed by atoms with E-state index in [0.717, 1.165) is 10.2 Å². The minimum Gasteiger partial charge on any atom is -0.479 e. The Bertz CT molecular complexity index is 1200. The molecule has 3 N–H and O–H groups in total. The van der Waals surface area contributed by atoms with Crippen LogP contribution in [0, 0.1) is 5.92 Å². The Morgan fingerprint density at radius 1 is 1.34 bits per heavy atom. The first kappa shape index (κ1) is 20.5. The Morgan fingerprint density at radius 3 is 2.94 bits per heavy atom. The maximum atomic E-state index is 12.7. The number of amides is 1. The normalized spacial score (nSPS) is 26.6. The Balaban J connectivity index is 1.31. The van der Waals surface area contributed by atoms with Gasteiger partial charge in [-0.1, -0.05) is 12.1 Å². The van der Waals surface area contributed by atoms with Crippen molar-refractivity contribution in [2.45, 2.75) is 30.5 Å². The number of hydrogen-bond acceptors (Lipinski definition) is 8. The molecule has 1 saturated carbocycles. The first-order chi connectivity index (χ1) is 15.5. The number of carboxylic acid groups (broad SMARTS) is 1. The topological polar surface area (TPSA) is 126 Å². The first-order valence-electron chi connectivity index (χ1n) is 10.2. The second kappa shape index (κ2) is 7.95. The molecule has 0 bridgehead atoms. The van der Waals surface area contributed by atoms with E-state index >= 15 is 0 Å². The highest BCUT2D eigenvalue weighted by atomic mass is 32.1. The number of ether oxygens (including phenoxy) is 1. The second-order valence-corrected chi connectivity index (χ2v) is 8.85. The molecule has 4 heterocycles. The van der Waals surface area contributed by atoms with Gasteiger partial charge in [-0.3, -0.25) is 9.78 Å². The number of nitrogens with one attached hydrogen (secondary N) is 2. The van der Waals surface area contributed by atoms with Crippen molar-refractivity contribution < 1.29 is 19.4 Å². The second-order valence-electron chi connectivity index (χ2n) is 7.96. The number of fused-ring (bicyclic) bond motifs is 1. The van der Waals surface area contributed by atoms with Crippen LogP contribution < -0.4 is 15.4 Å². The maximum absolute atomic E-state index is 12.7. The fraction of sp³-hybridized carbons (Fsp3) is 0.318. The van der Waals surface area contributed by atoms with Gasteiger partial charge in [-0.15, -0.1) is 17.9 Å². The van der Waals surface area contributed by atoms with Crippen LogP contribution in [-0.2, 0) is 9.59 Å². The molecule has 0 unspecified atom stereocenters. The molecule has 0 radical (unpaired) electrons. The molecule has 0 spiro atoms. The summed E-state index contributed by atoms with van der Waals surface area (Å²) in [6, 6.07) is 6.90. The predicted octanol–water partition coefficient (Wildman–Crippen LogP) is 2.01. The quantitative estimate of drug-likeness (QED) is 0.466. The number of thiophene rings is 1. The Hall–Kier alpha value is -3.37. The van der Waals surface area contributed by atoms with Crippen LogP contribution in [0.2, 0.25) is 0 Å². The van der Waals surface area contributed by atoms with E-state index < -0.39 is 17.6 Å². The number of nitrogens with zero attached hydrogens (tertiary/aromatic N) is 3. The third-order valence-electron chi connectivity index (χ3n) is 5.90. The lowest BCUT2D eigenvalue weighted by Crippen LogP contribution is -2.51. The summed E-state index contributed by atoms with van der Waals surface area (Å²) in [5, 5.41) is 18.1. The molecule has 164 valence electrons. The van der Waals surface area contributed by atoms with Gasteiger partial charge < -0.3 is 20.5 Å². The molecule has 1 aliphatic carbocycles. The number of aromatic nitrogens is 3. The molecule has 3 aromatic heterocycles. The molecule has 2 fully saturated rings. The van der Waals surface area contributed by atoms with Crippen LogP contribution in [-0.4, -0.2) is 56.2 Å². The lowest BCUT2D eigenvalue weighted by molar-refractivity contribution is -0.143. The van der Waals surface area contributed by atoms with Gasteiger partial charge in [-0.25, -0.2) is 9.78 Å². The van der Waals surface area contributed by atoms with Crippen molar-refractivity contribution in [2.75, 3.05) is 6.54 Å². The van der Waals surface area contributed by atoms with E-state index in [9.17, 15) is 14.7 Å². The van der Waals surface area contributed by atoms with Gasteiger partial charge in [-0.2, -0.15) is 4.98 Å². The van der Waals surface area contributed by atoms with E-state index in [1.165, 1.54) is 11.3 Å². The first-order valence-corrected chi connectivity index (χ1v) is 11.1. The van der Waals surface area contributed by atoms with Crippen LogP contribution in [0.15, 0.2) is 48.5 Å². The highest BCUT2D eigenvalue weighted by Crippen LogP contribution is 2.44. The number of rotatable bonds is 7. The monoisotopic (exact) mass is 451 g/mol. The highest BCUT2D eigenvalue weighted by Gasteiger charge is 2.60. The van der Waals surface area contributed by atoms with E-state index in [2.05, 4.69) is 32.2 Å². The summed E-state index contributed by atoms with van der Waals surface area (Å²) in [6.45, 7) is 4.09. The molecule has 9 nitrogen and oxygen atoms in total. The Kier molecular flexibility index (Phi) is 5.10. The van der Waals surface area contributed by atoms with Gasteiger partial charge in [0.2, 0.25) is 11.8 Å². The third-order valence-corrected chi connectivity index (χ3v) is 6.70. The van der Waals surface area contributed by atoms with Crippen LogP contribution in [0.25, 0.3) is 21.7 Å². The SMILES string of the molecule is C=C[C@@H]1C[C@]1(NC(=O)[C@H]1C[C@@H](Oc2nc(-c3ccccn3)nc3sccc23)CN1)C(=O)O. The van der Waals surface area contributed by atoms with E-state index in [-0.39, 0.29) is 17.9 Å². The summed E-state index contributed by atoms with van der Waals surface area (Å²) in [4.78, 5) is 38.6. The summed E-state index contributed by atoms with van der Waals surface area (Å²) >= 11 is 1.49. The number of hydrogen-bond donors (Lipinski definition) is 3. The third kappa shape index (κ3) is 3.61. The van der Waals surface area contributed by atoms with Crippen molar-refractivity contribution >= 4 is 33.4 Å². The number of carbonyl (C=O) groups is 2. The Labute approximate surface area is 187 Å². The standard InChI is InChI=1S/C22H21N5O4S/c1-2-12-10-22(12,21(29)30)27-18(28)16-9-13(11-24-16)31-19-14-6-8-32-20(14)26-17(25-19)15-5-3-4-7-23-15/h2-8,12-13,16,24H,1,9-11H2,(H,27,28)(H,29,30)/t12-,13-,16-,22-/m1/s1. The zero-order chi connectivity index (χ0) is 22.3. The van der Waals surface area contributed by atoms with Crippen molar-refractivity contribution in [3.8, 4) is 17.4 Å². The van der Waals surface area contributed by atoms with Gasteiger partial charge in [0, 0.05) is 25.1 Å². The van der Waals surface area contributed by atoms with Gasteiger partial charge in [0.1, 0.15) is 22.2 Å².